The molecule has 4 heteroatoms. The largest absolute Gasteiger partial charge is 0.465 e. The van der Waals surface area contributed by atoms with Gasteiger partial charge in [-0.3, -0.25) is 0 Å². The number of nitriles is 1. The van der Waals surface area contributed by atoms with Crippen molar-refractivity contribution < 1.29 is 13.9 Å². The van der Waals surface area contributed by atoms with E-state index < -0.39 is 5.97 Å². The number of allylic oxidation sites excluding steroid dienone is 1. The predicted molar refractivity (Wildman–Crippen MR) is 76.5 cm³/mol. The van der Waals surface area contributed by atoms with Crippen molar-refractivity contribution in [3.05, 3.63) is 70.9 Å². The Labute approximate surface area is 121 Å². The first-order valence-corrected chi connectivity index (χ1v) is 6.38. The maximum absolute atomic E-state index is 11.8. The number of benzene rings is 1. The van der Waals surface area contributed by atoms with Gasteiger partial charge in [0.1, 0.15) is 23.2 Å². The second-order valence-corrected chi connectivity index (χ2v) is 4.64. The van der Waals surface area contributed by atoms with E-state index in [2.05, 4.69) is 0 Å². The first-order chi connectivity index (χ1) is 10.2. The average Bonchev–Trinajstić information content (AvgIpc) is 3.08. The van der Waals surface area contributed by atoms with Gasteiger partial charge in [-0.15, -0.1) is 0 Å². The Hall–Kier alpha value is -3.06. The molecule has 1 aromatic carbocycles. The number of esters is 1. The number of furan rings is 1. The van der Waals surface area contributed by atoms with E-state index in [1.54, 1.807) is 18.2 Å². The van der Waals surface area contributed by atoms with E-state index in [0.717, 1.165) is 11.1 Å². The van der Waals surface area contributed by atoms with E-state index in [9.17, 15) is 10.1 Å². The molecule has 0 amide bonds. The molecule has 0 fully saturated rings. The van der Waals surface area contributed by atoms with Crippen LogP contribution in [0.3, 0.4) is 0 Å². The molecule has 0 spiro atoms. The number of cyclic esters (lactones) is 1. The molecule has 2 heterocycles. The van der Waals surface area contributed by atoms with Gasteiger partial charge in [0.2, 0.25) is 0 Å². The van der Waals surface area contributed by atoms with Crippen LogP contribution >= 0.6 is 0 Å². The highest BCUT2D eigenvalue weighted by Gasteiger charge is 2.31. The van der Waals surface area contributed by atoms with E-state index in [4.69, 9.17) is 9.15 Å². The van der Waals surface area contributed by atoms with Crippen molar-refractivity contribution in [1.82, 2.24) is 0 Å². The van der Waals surface area contributed by atoms with Crippen LogP contribution in [0.15, 0.2) is 58.4 Å². The van der Waals surface area contributed by atoms with E-state index in [0.29, 0.717) is 17.1 Å². The number of rotatable bonds is 2. The lowest BCUT2D eigenvalue weighted by molar-refractivity contribution is -0.132. The van der Waals surface area contributed by atoms with E-state index >= 15 is 0 Å². The van der Waals surface area contributed by atoms with E-state index in [1.807, 2.05) is 37.3 Å². The molecule has 2 aromatic rings. The van der Waals surface area contributed by atoms with Crippen LogP contribution in [0.2, 0.25) is 0 Å². The molecule has 3 rings (SSSR count). The summed E-state index contributed by atoms with van der Waals surface area (Å²) in [5.74, 6) is 0.253. The number of hydrogen-bond acceptors (Lipinski definition) is 4. The van der Waals surface area contributed by atoms with Gasteiger partial charge in [-0.05, 0) is 24.6 Å². The predicted octanol–water partition coefficient (Wildman–Crippen LogP) is 3.46. The van der Waals surface area contributed by atoms with Gasteiger partial charge < -0.3 is 9.15 Å². The molecule has 1 aliphatic rings. The van der Waals surface area contributed by atoms with Gasteiger partial charge in [-0.25, -0.2) is 4.79 Å². The lowest BCUT2D eigenvalue weighted by Crippen LogP contribution is -1.96. The minimum atomic E-state index is -0.633. The summed E-state index contributed by atoms with van der Waals surface area (Å²) < 4.78 is 10.4. The van der Waals surface area contributed by atoms with Gasteiger partial charge in [-0.2, -0.15) is 5.26 Å². The molecule has 0 N–H and O–H groups in total. The Bertz CT molecular complexity index is 788. The monoisotopic (exact) mass is 277 g/mol. The Morgan fingerprint density at radius 1 is 1.19 bits per heavy atom. The van der Waals surface area contributed by atoms with Crippen LogP contribution < -0.4 is 0 Å². The van der Waals surface area contributed by atoms with E-state index in [1.165, 1.54) is 6.26 Å². The number of carbonyl (C=O) groups is 1. The molecule has 0 bridgehead atoms. The summed E-state index contributed by atoms with van der Waals surface area (Å²) in [5, 5.41) is 9.21. The van der Waals surface area contributed by atoms with E-state index in [-0.39, 0.29) is 5.57 Å². The fourth-order valence-electron chi connectivity index (χ4n) is 2.14. The quantitative estimate of drug-likeness (QED) is 0.788. The van der Waals surface area contributed by atoms with Gasteiger partial charge in [0.25, 0.3) is 0 Å². The standard InChI is InChI=1S/C17H11NO3/c1-11-4-6-12(7-5-11)16-14(10-18)17(19)21-15(16)9-13-3-2-8-20-13/h2-9H,1H3. The van der Waals surface area contributed by atoms with Crippen LogP contribution in [0.5, 0.6) is 0 Å². The molecule has 21 heavy (non-hydrogen) atoms. The summed E-state index contributed by atoms with van der Waals surface area (Å²) in [6.07, 6.45) is 3.14. The van der Waals surface area contributed by atoms with Crippen LogP contribution in [0, 0.1) is 18.3 Å². The minimum Gasteiger partial charge on any atom is -0.465 e. The molecule has 0 atom stereocenters. The van der Waals surface area contributed by atoms with Crippen molar-refractivity contribution >= 4 is 17.6 Å². The first-order valence-electron chi connectivity index (χ1n) is 6.38. The van der Waals surface area contributed by atoms with Crippen LogP contribution in [0.25, 0.3) is 11.6 Å². The third kappa shape index (κ3) is 2.37. The summed E-state index contributed by atoms with van der Waals surface area (Å²) in [7, 11) is 0. The molecule has 102 valence electrons. The number of ether oxygens (including phenoxy) is 1. The SMILES string of the molecule is Cc1ccc(C2=C(C#N)C(=O)OC2=Cc2ccco2)cc1. The Kier molecular flexibility index (Phi) is 3.17. The summed E-state index contributed by atoms with van der Waals surface area (Å²) in [5.41, 5.74) is 2.37. The van der Waals surface area contributed by atoms with Crippen molar-refractivity contribution in [3.8, 4) is 6.07 Å². The molecule has 1 aliphatic heterocycles. The lowest BCUT2D eigenvalue weighted by atomic mass is 9.99. The highest BCUT2D eigenvalue weighted by atomic mass is 16.5. The smallest absolute Gasteiger partial charge is 0.355 e. The number of carbonyl (C=O) groups excluding carboxylic acids is 1. The molecular weight excluding hydrogens is 266 g/mol. The second-order valence-electron chi connectivity index (χ2n) is 4.64. The van der Waals surface area contributed by atoms with Gasteiger partial charge in [0.15, 0.2) is 0 Å². The van der Waals surface area contributed by atoms with Crippen molar-refractivity contribution in [3.63, 3.8) is 0 Å². The molecule has 0 saturated heterocycles. The zero-order valence-corrected chi connectivity index (χ0v) is 11.3. The summed E-state index contributed by atoms with van der Waals surface area (Å²) in [4.78, 5) is 11.8. The zero-order chi connectivity index (χ0) is 14.8. The molecule has 0 aliphatic carbocycles. The third-order valence-corrected chi connectivity index (χ3v) is 3.17. The van der Waals surface area contributed by atoms with Crippen LogP contribution in [0.1, 0.15) is 16.9 Å². The molecule has 4 nitrogen and oxygen atoms in total. The zero-order valence-electron chi connectivity index (χ0n) is 11.3. The van der Waals surface area contributed by atoms with Crippen molar-refractivity contribution in [2.45, 2.75) is 6.92 Å². The van der Waals surface area contributed by atoms with Crippen LogP contribution in [-0.2, 0) is 9.53 Å². The summed E-state index contributed by atoms with van der Waals surface area (Å²) in [6, 6.07) is 13.0. The van der Waals surface area contributed by atoms with Gasteiger partial charge in [0.05, 0.1) is 6.26 Å². The third-order valence-electron chi connectivity index (χ3n) is 3.17. The Balaban J connectivity index is 2.15. The lowest BCUT2D eigenvalue weighted by Gasteiger charge is -2.04. The van der Waals surface area contributed by atoms with Crippen LogP contribution in [-0.4, -0.2) is 5.97 Å². The van der Waals surface area contributed by atoms with Crippen molar-refractivity contribution in [2.24, 2.45) is 0 Å². The maximum atomic E-state index is 11.8. The Morgan fingerprint density at radius 3 is 2.57 bits per heavy atom. The molecule has 0 radical (unpaired) electrons. The van der Waals surface area contributed by atoms with Crippen molar-refractivity contribution in [2.75, 3.05) is 0 Å². The summed E-state index contributed by atoms with van der Waals surface area (Å²) >= 11 is 0. The number of aryl methyl sites for hydroxylation is 1. The average molecular weight is 277 g/mol. The maximum Gasteiger partial charge on any atom is 0.355 e. The fourth-order valence-corrected chi connectivity index (χ4v) is 2.14. The molecule has 0 saturated carbocycles. The van der Waals surface area contributed by atoms with Crippen molar-refractivity contribution in [1.29, 1.82) is 5.26 Å². The highest BCUT2D eigenvalue weighted by Crippen LogP contribution is 2.35. The number of hydrogen-bond donors (Lipinski definition) is 0. The molecule has 0 unspecified atom stereocenters. The van der Waals surface area contributed by atoms with Gasteiger partial charge in [0, 0.05) is 11.6 Å². The highest BCUT2D eigenvalue weighted by molar-refractivity contribution is 6.11. The Morgan fingerprint density at radius 2 is 1.95 bits per heavy atom. The second kappa shape index (κ2) is 5.14. The molecule has 1 aromatic heterocycles. The summed E-state index contributed by atoms with van der Waals surface area (Å²) in [6.45, 7) is 1.97. The van der Waals surface area contributed by atoms with Gasteiger partial charge in [-0.1, -0.05) is 29.8 Å². The number of nitrogens with zero attached hydrogens (tertiary/aromatic N) is 1. The fraction of sp³-hybridized carbons (Fsp3) is 0.0588. The minimum absolute atomic E-state index is 0.0108. The van der Waals surface area contributed by atoms with Crippen LogP contribution in [0.4, 0.5) is 0 Å². The van der Waals surface area contributed by atoms with Gasteiger partial charge >= 0.3 is 5.97 Å². The topological polar surface area (TPSA) is 63.2 Å². The molecular formula is C17H11NO3. The normalized spacial score (nSPS) is 16.2. The first kappa shape index (κ1) is 12.9.